The van der Waals surface area contributed by atoms with E-state index in [2.05, 4.69) is 27.4 Å². The van der Waals surface area contributed by atoms with E-state index < -0.39 is 0 Å². The van der Waals surface area contributed by atoms with Crippen LogP contribution < -0.4 is 0 Å². The van der Waals surface area contributed by atoms with Gasteiger partial charge in [0.2, 0.25) is 0 Å². The second kappa shape index (κ2) is 5.36. The Bertz CT molecular complexity index is 109. The second-order valence-corrected chi connectivity index (χ2v) is 3.40. The van der Waals surface area contributed by atoms with E-state index in [-0.39, 0.29) is 6.10 Å². The molecule has 1 N–H and O–H groups in total. The van der Waals surface area contributed by atoms with Gasteiger partial charge in [-0.25, -0.2) is 0 Å². The molecule has 0 heterocycles. The number of aliphatic hydroxyl groups is 1. The zero-order valence-corrected chi connectivity index (χ0v) is 7.88. The standard InChI is InChI=1S/C10H20O/c1-5-8(3)7-10(11)9(4)6-2/h5,8-11H,1,6-7H2,2-4H3/t8-,9-,10-/m0/s1. The molecule has 0 aliphatic heterocycles. The van der Waals surface area contributed by atoms with Crippen molar-refractivity contribution < 1.29 is 5.11 Å². The predicted octanol–water partition coefficient (Wildman–Crippen LogP) is 2.61. The van der Waals surface area contributed by atoms with Gasteiger partial charge in [0.15, 0.2) is 0 Å². The summed E-state index contributed by atoms with van der Waals surface area (Å²) in [6.45, 7) is 9.96. The van der Waals surface area contributed by atoms with Crippen LogP contribution in [0.15, 0.2) is 12.7 Å². The zero-order chi connectivity index (χ0) is 8.85. The Morgan fingerprint density at radius 1 is 1.45 bits per heavy atom. The summed E-state index contributed by atoms with van der Waals surface area (Å²) >= 11 is 0. The third-order valence-corrected chi connectivity index (χ3v) is 2.32. The quantitative estimate of drug-likeness (QED) is 0.607. The molecule has 0 unspecified atom stereocenters. The van der Waals surface area contributed by atoms with E-state index in [0.717, 1.165) is 12.8 Å². The first-order valence-corrected chi connectivity index (χ1v) is 4.42. The van der Waals surface area contributed by atoms with Gasteiger partial charge in [-0.2, -0.15) is 0 Å². The molecule has 0 saturated heterocycles. The van der Waals surface area contributed by atoms with Gasteiger partial charge in [-0.15, -0.1) is 6.58 Å². The van der Waals surface area contributed by atoms with Crippen molar-refractivity contribution in [3.63, 3.8) is 0 Å². The van der Waals surface area contributed by atoms with Crippen molar-refractivity contribution in [3.05, 3.63) is 12.7 Å². The van der Waals surface area contributed by atoms with E-state index in [1.54, 1.807) is 0 Å². The second-order valence-electron chi connectivity index (χ2n) is 3.40. The number of hydrogen-bond donors (Lipinski definition) is 1. The van der Waals surface area contributed by atoms with Gasteiger partial charge in [0, 0.05) is 0 Å². The molecule has 0 aromatic carbocycles. The Labute approximate surface area is 70.1 Å². The largest absolute Gasteiger partial charge is 0.393 e. The third-order valence-electron chi connectivity index (χ3n) is 2.32. The minimum Gasteiger partial charge on any atom is -0.393 e. The first kappa shape index (κ1) is 10.7. The van der Waals surface area contributed by atoms with Gasteiger partial charge < -0.3 is 5.11 Å². The smallest absolute Gasteiger partial charge is 0.0571 e. The lowest BCUT2D eigenvalue weighted by molar-refractivity contribution is 0.0963. The molecule has 66 valence electrons. The number of hydrogen-bond acceptors (Lipinski definition) is 1. The van der Waals surface area contributed by atoms with Gasteiger partial charge in [0.25, 0.3) is 0 Å². The molecule has 11 heavy (non-hydrogen) atoms. The maximum absolute atomic E-state index is 9.57. The molecule has 0 aromatic heterocycles. The van der Waals surface area contributed by atoms with Crippen LogP contribution in [-0.2, 0) is 0 Å². The summed E-state index contributed by atoms with van der Waals surface area (Å²) in [6, 6.07) is 0. The molecule has 0 radical (unpaired) electrons. The maximum atomic E-state index is 9.57. The molecule has 1 nitrogen and oxygen atoms in total. The van der Waals surface area contributed by atoms with Crippen molar-refractivity contribution in [2.24, 2.45) is 11.8 Å². The monoisotopic (exact) mass is 156 g/mol. The van der Waals surface area contributed by atoms with Crippen LogP contribution in [0, 0.1) is 11.8 Å². The normalized spacial score (nSPS) is 18.9. The molecule has 0 aliphatic carbocycles. The summed E-state index contributed by atoms with van der Waals surface area (Å²) < 4.78 is 0. The fourth-order valence-corrected chi connectivity index (χ4v) is 0.982. The molecule has 0 rings (SSSR count). The molecule has 1 heteroatoms. The molecular weight excluding hydrogens is 136 g/mol. The van der Waals surface area contributed by atoms with Crippen molar-refractivity contribution in [1.29, 1.82) is 0 Å². The lowest BCUT2D eigenvalue weighted by atomic mass is 9.93. The van der Waals surface area contributed by atoms with Crippen LogP contribution in [-0.4, -0.2) is 11.2 Å². The number of allylic oxidation sites excluding steroid dienone is 1. The van der Waals surface area contributed by atoms with Crippen molar-refractivity contribution in [3.8, 4) is 0 Å². The highest BCUT2D eigenvalue weighted by atomic mass is 16.3. The molecule has 0 saturated carbocycles. The Morgan fingerprint density at radius 2 is 2.00 bits per heavy atom. The topological polar surface area (TPSA) is 20.2 Å². The predicted molar refractivity (Wildman–Crippen MR) is 49.4 cm³/mol. The average molecular weight is 156 g/mol. The highest BCUT2D eigenvalue weighted by molar-refractivity contribution is 4.78. The van der Waals surface area contributed by atoms with Crippen molar-refractivity contribution in [2.75, 3.05) is 0 Å². The fraction of sp³-hybridized carbons (Fsp3) is 0.800. The summed E-state index contributed by atoms with van der Waals surface area (Å²) in [4.78, 5) is 0. The summed E-state index contributed by atoms with van der Waals surface area (Å²) in [5, 5.41) is 9.57. The SMILES string of the molecule is C=C[C@H](C)C[C@H](O)[C@@H](C)CC. The van der Waals surface area contributed by atoms with E-state index in [4.69, 9.17) is 0 Å². The first-order valence-electron chi connectivity index (χ1n) is 4.42. The zero-order valence-electron chi connectivity index (χ0n) is 7.88. The maximum Gasteiger partial charge on any atom is 0.0571 e. The molecule has 0 aliphatic rings. The third kappa shape index (κ3) is 4.20. The molecule has 0 aromatic rings. The fourth-order valence-electron chi connectivity index (χ4n) is 0.982. The molecule has 0 spiro atoms. The van der Waals surface area contributed by atoms with Gasteiger partial charge in [-0.05, 0) is 18.3 Å². The van der Waals surface area contributed by atoms with E-state index in [1.165, 1.54) is 0 Å². The molecule has 0 amide bonds. The van der Waals surface area contributed by atoms with E-state index in [0.29, 0.717) is 11.8 Å². The minimum atomic E-state index is -0.159. The Balaban J connectivity index is 3.66. The Hall–Kier alpha value is -0.300. The van der Waals surface area contributed by atoms with Crippen LogP contribution in [0.1, 0.15) is 33.6 Å². The number of aliphatic hydroxyl groups excluding tert-OH is 1. The van der Waals surface area contributed by atoms with Crippen LogP contribution in [0.2, 0.25) is 0 Å². The van der Waals surface area contributed by atoms with Gasteiger partial charge in [0.1, 0.15) is 0 Å². The minimum absolute atomic E-state index is 0.159. The highest BCUT2D eigenvalue weighted by Crippen LogP contribution is 2.15. The summed E-state index contributed by atoms with van der Waals surface area (Å²) in [5.41, 5.74) is 0. The number of rotatable bonds is 5. The molecule has 0 fully saturated rings. The lowest BCUT2D eigenvalue weighted by Crippen LogP contribution is -2.19. The average Bonchev–Trinajstić information content (AvgIpc) is 2.02. The van der Waals surface area contributed by atoms with Crippen LogP contribution in [0.25, 0.3) is 0 Å². The van der Waals surface area contributed by atoms with Crippen molar-refractivity contribution in [1.82, 2.24) is 0 Å². The molecule has 0 bridgehead atoms. The van der Waals surface area contributed by atoms with E-state index in [9.17, 15) is 5.11 Å². The van der Waals surface area contributed by atoms with Gasteiger partial charge >= 0.3 is 0 Å². The van der Waals surface area contributed by atoms with Gasteiger partial charge in [-0.1, -0.05) is 33.3 Å². The lowest BCUT2D eigenvalue weighted by Gasteiger charge is -2.18. The van der Waals surface area contributed by atoms with Gasteiger partial charge in [0.05, 0.1) is 6.10 Å². The Kier molecular flexibility index (Phi) is 5.22. The van der Waals surface area contributed by atoms with Crippen molar-refractivity contribution >= 4 is 0 Å². The molecule has 3 atom stereocenters. The van der Waals surface area contributed by atoms with E-state index in [1.807, 2.05) is 6.08 Å². The van der Waals surface area contributed by atoms with Crippen LogP contribution in [0.3, 0.4) is 0 Å². The summed E-state index contributed by atoms with van der Waals surface area (Å²) in [6.07, 6.45) is 3.63. The van der Waals surface area contributed by atoms with Crippen LogP contribution in [0.4, 0.5) is 0 Å². The highest BCUT2D eigenvalue weighted by Gasteiger charge is 2.13. The van der Waals surface area contributed by atoms with Gasteiger partial charge in [-0.3, -0.25) is 0 Å². The summed E-state index contributed by atoms with van der Waals surface area (Å²) in [5.74, 6) is 0.844. The van der Waals surface area contributed by atoms with Crippen molar-refractivity contribution in [2.45, 2.75) is 39.7 Å². The Morgan fingerprint density at radius 3 is 2.36 bits per heavy atom. The summed E-state index contributed by atoms with van der Waals surface area (Å²) in [7, 11) is 0. The van der Waals surface area contributed by atoms with E-state index >= 15 is 0 Å². The molecular formula is C10H20O. The van der Waals surface area contributed by atoms with Crippen LogP contribution in [0.5, 0.6) is 0 Å². The van der Waals surface area contributed by atoms with Crippen LogP contribution >= 0.6 is 0 Å². The first-order chi connectivity index (χ1) is 5.11.